The highest BCUT2D eigenvalue weighted by Gasteiger charge is 2.24. The predicted molar refractivity (Wildman–Crippen MR) is 95.7 cm³/mol. The number of nitro groups is 1. The van der Waals surface area contributed by atoms with Gasteiger partial charge in [0.1, 0.15) is 0 Å². The van der Waals surface area contributed by atoms with E-state index in [-0.39, 0.29) is 5.69 Å². The number of nitrogens with zero attached hydrogens (tertiary/aromatic N) is 3. The van der Waals surface area contributed by atoms with E-state index in [9.17, 15) is 10.1 Å². The normalized spacial score (nSPS) is 14.3. The molecular weight excluding hydrogens is 320 g/mol. The van der Waals surface area contributed by atoms with Gasteiger partial charge in [-0.3, -0.25) is 20.1 Å². The molecule has 1 aliphatic rings. The molecule has 0 spiro atoms. The fourth-order valence-corrected chi connectivity index (χ4v) is 3.24. The van der Waals surface area contributed by atoms with E-state index in [4.69, 9.17) is 4.74 Å². The molecule has 7 heteroatoms. The quantitative estimate of drug-likeness (QED) is 0.613. The molecular formula is C18H24N4O3. The Morgan fingerprint density at radius 2 is 2.20 bits per heavy atom. The van der Waals surface area contributed by atoms with Crippen molar-refractivity contribution < 1.29 is 9.66 Å². The molecule has 0 bridgehead atoms. The SMILES string of the molecule is CCCOc1ccc(-c2n[nH]c3c2CN(CCC)CC3)cc1[N+](=O)[O-]. The number of benzene rings is 1. The number of rotatable bonds is 7. The molecule has 0 atom stereocenters. The van der Waals surface area contributed by atoms with Crippen LogP contribution in [0.1, 0.15) is 37.9 Å². The van der Waals surface area contributed by atoms with Crippen molar-refractivity contribution in [2.45, 2.75) is 39.7 Å². The molecule has 3 rings (SSSR count). The van der Waals surface area contributed by atoms with Crippen LogP contribution in [0.2, 0.25) is 0 Å². The number of aromatic nitrogens is 2. The van der Waals surface area contributed by atoms with E-state index in [1.807, 2.05) is 13.0 Å². The molecule has 2 heterocycles. The summed E-state index contributed by atoms with van der Waals surface area (Å²) in [6, 6.07) is 5.10. The summed E-state index contributed by atoms with van der Waals surface area (Å²) in [4.78, 5) is 13.4. The molecule has 0 unspecified atom stereocenters. The second-order valence-corrected chi connectivity index (χ2v) is 6.34. The second kappa shape index (κ2) is 7.65. The smallest absolute Gasteiger partial charge is 0.311 e. The zero-order valence-electron chi connectivity index (χ0n) is 14.7. The molecule has 0 fully saturated rings. The van der Waals surface area contributed by atoms with E-state index < -0.39 is 4.92 Å². The average Bonchev–Trinajstić information content (AvgIpc) is 3.03. The second-order valence-electron chi connectivity index (χ2n) is 6.34. The van der Waals surface area contributed by atoms with E-state index in [0.717, 1.165) is 61.4 Å². The Hall–Kier alpha value is -2.41. The van der Waals surface area contributed by atoms with Crippen molar-refractivity contribution in [3.63, 3.8) is 0 Å². The minimum absolute atomic E-state index is 0.0103. The Balaban J connectivity index is 1.94. The summed E-state index contributed by atoms with van der Waals surface area (Å²) in [5, 5.41) is 19.0. The Labute approximate surface area is 147 Å². The third-order valence-corrected chi connectivity index (χ3v) is 4.44. The van der Waals surface area contributed by atoms with Crippen molar-refractivity contribution in [3.05, 3.63) is 39.6 Å². The number of nitrogens with one attached hydrogen (secondary N) is 1. The van der Waals surface area contributed by atoms with Crippen molar-refractivity contribution in [2.75, 3.05) is 19.7 Å². The van der Waals surface area contributed by atoms with Gasteiger partial charge < -0.3 is 4.74 Å². The molecule has 7 nitrogen and oxygen atoms in total. The minimum atomic E-state index is -0.392. The lowest BCUT2D eigenvalue weighted by atomic mass is 10.0. The van der Waals surface area contributed by atoms with Gasteiger partial charge in [-0.1, -0.05) is 13.8 Å². The lowest BCUT2D eigenvalue weighted by molar-refractivity contribution is -0.385. The highest BCUT2D eigenvalue weighted by molar-refractivity contribution is 5.69. The summed E-state index contributed by atoms with van der Waals surface area (Å²) < 4.78 is 5.50. The molecule has 0 amide bonds. The Morgan fingerprint density at radius 1 is 1.36 bits per heavy atom. The lowest BCUT2D eigenvalue weighted by Crippen LogP contribution is -2.31. The molecule has 1 aromatic heterocycles. The molecule has 0 saturated heterocycles. The molecule has 2 aromatic rings. The van der Waals surface area contributed by atoms with Crippen molar-refractivity contribution in [2.24, 2.45) is 0 Å². The van der Waals surface area contributed by atoms with Crippen LogP contribution in [0.4, 0.5) is 5.69 Å². The zero-order valence-corrected chi connectivity index (χ0v) is 14.7. The van der Waals surface area contributed by atoms with E-state index in [0.29, 0.717) is 12.4 Å². The number of hydrogen-bond donors (Lipinski definition) is 1. The first-order valence-corrected chi connectivity index (χ1v) is 8.84. The molecule has 0 aliphatic carbocycles. The van der Waals surface area contributed by atoms with Gasteiger partial charge in [-0.15, -0.1) is 0 Å². The number of nitro benzene ring substituents is 1. The number of H-pyrrole nitrogens is 1. The van der Waals surface area contributed by atoms with Gasteiger partial charge in [0.2, 0.25) is 0 Å². The largest absolute Gasteiger partial charge is 0.487 e. The summed E-state index contributed by atoms with van der Waals surface area (Å²) in [7, 11) is 0. The van der Waals surface area contributed by atoms with Crippen LogP contribution >= 0.6 is 0 Å². The first-order valence-electron chi connectivity index (χ1n) is 8.84. The fraction of sp³-hybridized carbons (Fsp3) is 0.500. The summed E-state index contributed by atoms with van der Waals surface area (Å²) in [5.41, 5.74) is 3.84. The van der Waals surface area contributed by atoms with Crippen LogP contribution in [0.25, 0.3) is 11.3 Å². The fourth-order valence-electron chi connectivity index (χ4n) is 3.24. The van der Waals surface area contributed by atoms with Crippen molar-refractivity contribution in [1.29, 1.82) is 0 Å². The monoisotopic (exact) mass is 344 g/mol. The van der Waals surface area contributed by atoms with E-state index in [1.165, 1.54) is 0 Å². The molecule has 0 saturated carbocycles. The maximum atomic E-state index is 11.4. The van der Waals surface area contributed by atoms with Gasteiger partial charge in [-0.2, -0.15) is 5.10 Å². The first kappa shape index (κ1) is 17.4. The Kier molecular flexibility index (Phi) is 5.33. The Morgan fingerprint density at radius 3 is 2.92 bits per heavy atom. The third-order valence-electron chi connectivity index (χ3n) is 4.44. The number of aromatic amines is 1. The van der Waals surface area contributed by atoms with Gasteiger partial charge in [-0.05, 0) is 31.5 Å². The average molecular weight is 344 g/mol. The van der Waals surface area contributed by atoms with Crippen LogP contribution in [0, 0.1) is 10.1 Å². The van der Waals surface area contributed by atoms with Gasteiger partial charge in [0.25, 0.3) is 0 Å². The van der Waals surface area contributed by atoms with Crippen LogP contribution in [0.5, 0.6) is 5.75 Å². The number of ether oxygens (including phenoxy) is 1. The molecule has 1 aliphatic heterocycles. The number of hydrogen-bond acceptors (Lipinski definition) is 5. The van der Waals surface area contributed by atoms with Gasteiger partial charge in [0.05, 0.1) is 17.2 Å². The highest BCUT2D eigenvalue weighted by Crippen LogP contribution is 2.35. The third kappa shape index (κ3) is 3.66. The van der Waals surface area contributed by atoms with Crippen LogP contribution < -0.4 is 4.74 Å². The van der Waals surface area contributed by atoms with E-state index >= 15 is 0 Å². The Bertz CT molecular complexity index is 757. The van der Waals surface area contributed by atoms with Crippen molar-refractivity contribution in [1.82, 2.24) is 15.1 Å². The lowest BCUT2D eigenvalue weighted by Gasteiger charge is -2.26. The van der Waals surface area contributed by atoms with Crippen LogP contribution in [-0.2, 0) is 13.0 Å². The maximum Gasteiger partial charge on any atom is 0.311 e. The summed E-state index contributed by atoms with van der Waals surface area (Å²) in [6.45, 7) is 7.50. The van der Waals surface area contributed by atoms with Crippen molar-refractivity contribution in [3.8, 4) is 17.0 Å². The standard InChI is InChI=1S/C18H24N4O3/c1-3-8-21-9-7-15-14(12-21)18(20-19-15)13-5-6-17(25-10-4-2)16(11-13)22(23)24/h5-6,11H,3-4,7-10,12H2,1-2H3,(H,19,20). The summed E-state index contributed by atoms with van der Waals surface area (Å²) >= 11 is 0. The predicted octanol–water partition coefficient (Wildman–Crippen LogP) is 3.54. The van der Waals surface area contributed by atoms with Gasteiger partial charge in [0.15, 0.2) is 5.75 Å². The topological polar surface area (TPSA) is 84.3 Å². The van der Waals surface area contributed by atoms with E-state index in [1.54, 1.807) is 12.1 Å². The molecule has 0 radical (unpaired) electrons. The highest BCUT2D eigenvalue weighted by atomic mass is 16.6. The number of fused-ring (bicyclic) bond motifs is 1. The maximum absolute atomic E-state index is 11.4. The van der Waals surface area contributed by atoms with Crippen LogP contribution in [-0.4, -0.2) is 39.7 Å². The van der Waals surface area contributed by atoms with Gasteiger partial charge >= 0.3 is 5.69 Å². The van der Waals surface area contributed by atoms with Gasteiger partial charge in [-0.25, -0.2) is 0 Å². The molecule has 1 N–H and O–H groups in total. The van der Waals surface area contributed by atoms with Crippen molar-refractivity contribution >= 4 is 5.69 Å². The molecule has 1 aromatic carbocycles. The van der Waals surface area contributed by atoms with Crippen LogP contribution in [0.3, 0.4) is 0 Å². The molecule has 25 heavy (non-hydrogen) atoms. The minimum Gasteiger partial charge on any atom is -0.487 e. The molecule has 134 valence electrons. The first-order chi connectivity index (χ1) is 12.1. The van der Waals surface area contributed by atoms with E-state index in [2.05, 4.69) is 22.0 Å². The summed E-state index contributed by atoms with van der Waals surface area (Å²) in [6.07, 6.45) is 2.85. The van der Waals surface area contributed by atoms with Crippen LogP contribution in [0.15, 0.2) is 18.2 Å². The van der Waals surface area contributed by atoms with Gasteiger partial charge in [0, 0.05) is 42.4 Å². The summed E-state index contributed by atoms with van der Waals surface area (Å²) in [5.74, 6) is 0.313. The zero-order chi connectivity index (χ0) is 17.8.